The minimum atomic E-state index is -0.462. The Balaban J connectivity index is 2.64. The van der Waals surface area contributed by atoms with Gasteiger partial charge in [-0.05, 0) is 12.5 Å². The van der Waals surface area contributed by atoms with Crippen LogP contribution in [0.2, 0.25) is 0 Å². The Bertz CT molecular complexity index is 359. The summed E-state index contributed by atoms with van der Waals surface area (Å²) in [6, 6.07) is 5.98. The van der Waals surface area contributed by atoms with Gasteiger partial charge in [-0.15, -0.1) is 0 Å². The maximum Gasteiger partial charge on any atom is 0.269 e. The standard InChI is InChI=1S/C10H12N2O3/c1-2-11-10(13)7-8-3-5-9(6-4-8)12(14)15/h3-6H,2,7H2,1H3,(H,11,13). The molecule has 1 N–H and O–H groups in total. The van der Waals surface area contributed by atoms with Crippen molar-refractivity contribution < 1.29 is 9.72 Å². The number of nitro benzene ring substituents is 1. The van der Waals surface area contributed by atoms with Crippen LogP contribution in [0.4, 0.5) is 5.69 Å². The van der Waals surface area contributed by atoms with Gasteiger partial charge < -0.3 is 5.32 Å². The van der Waals surface area contributed by atoms with Crippen LogP contribution in [0.5, 0.6) is 0 Å². The zero-order valence-corrected chi connectivity index (χ0v) is 8.40. The lowest BCUT2D eigenvalue weighted by Gasteiger charge is -2.01. The van der Waals surface area contributed by atoms with Gasteiger partial charge in [0.2, 0.25) is 5.91 Å². The van der Waals surface area contributed by atoms with Gasteiger partial charge in [0.1, 0.15) is 0 Å². The van der Waals surface area contributed by atoms with Gasteiger partial charge >= 0.3 is 0 Å². The molecule has 0 fully saturated rings. The normalized spacial score (nSPS) is 9.67. The molecule has 0 aliphatic carbocycles. The molecular formula is C10H12N2O3. The highest BCUT2D eigenvalue weighted by atomic mass is 16.6. The minimum Gasteiger partial charge on any atom is -0.356 e. The van der Waals surface area contributed by atoms with Crippen molar-refractivity contribution in [3.8, 4) is 0 Å². The maximum atomic E-state index is 11.2. The summed E-state index contributed by atoms with van der Waals surface area (Å²) in [7, 11) is 0. The molecule has 15 heavy (non-hydrogen) atoms. The summed E-state index contributed by atoms with van der Waals surface area (Å²) in [6.07, 6.45) is 0.256. The number of nitro groups is 1. The van der Waals surface area contributed by atoms with E-state index in [-0.39, 0.29) is 18.0 Å². The highest BCUT2D eigenvalue weighted by Crippen LogP contribution is 2.11. The van der Waals surface area contributed by atoms with Crippen molar-refractivity contribution in [2.24, 2.45) is 0 Å². The number of likely N-dealkylation sites (N-methyl/N-ethyl adjacent to an activating group) is 1. The molecule has 0 aromatic heterocycles. The summed E-state index contributed by atoms with van der Waals surface area (Å²) >= 11 is 0. The van der Waals surface area contributed by atoms with E-state index < -0.39 is 4.92 Å². The van der Waals surface area contributed by atoms with Gasteiger partial charge in [-0.2, -0.15) is 0 Å². The smallest absolute Gasteiger partial charge is 0.269 e. The average Bonchev–Trinajstić information content (AvgIpc) is 2.18. The molecule has 0 spiro atoms. The van der Waals surface area contributed by atoms with Gasteiger partial charge in [0, 0.05) is 18.7 Å². The average molecular weight is 208 g/mol. The highest BCUT2D eigenvalue weighted by molar-refractivity contribution is 5.78. The lowest BCUT2D eigenvalue weighted by atomic mass is 10.1. The second-order valence-electron chi connectivity index (χ2n) is 3.05. The van der Waals surface area contributed by atoms with E-state index in [4.69, 9.17) is 0 Å². The van der Waals surface area contributed by atoms with Crippen LogP contribution in [0.25, 0.3) is 0 Å². The molecule has 0 radical (unpaired) electrons. The van der Waals surface area contributed by atoms with Crippen molar-refractivity contribution in [3.05, 3.63) is 39.9 Å². The van der Waals surface area contributed by atoms with E-state index in [1.807, 2.05) is 6.92 Å². The molecule has 80 valence electrons. The third-order valence-electron chi connectivity index (χ3n) is 1.89. The number of non-ortho nitro benzene ring substituents is 1. The van der Waals surface area contributed by atoms with Crippen molar-refractivity contribution >= 4 is 11.6 Å². The third kappa shape index (κ3) is 3.38. The van der Waals surface area contributed by atoms with E-state index in [2.05, 4.69) is 5.32 Å². The Labute approximate surface area is 87.3 Å². The third-order valence-corrected chi connectivity index (χ3v) is 1.89. The number of carbonyl (C=O) groups excluding carboxylic acids is 1. The number of hydrogen-bond donors (Lipinski definition) is 1. The maximum absolute atomic E-state index is 11.2. The SMILES string of the molecule is CCNC(=O)Cc1ccc([N+](=O)[O-])cc1. The van der Waals surface area contributed by atoms with Gasteiger partial charge in [0.25, 0.3) is 5.69 Å². The van der Waals surface area contributed by atoms with Crippen LogP contribution in [0.3, 0.4) is 0 Å². The molecule has 0 saturated carbocycles. The van der Waals surface area contributed by atoms with Crippen LogP contribution >= 0.6 is 0 Å². The molecule has 0 aliphatic rings. The first-order valence-electron chi connectivity index (χ1n) is 4.63. The molecule has 1 rings (SSSR count). The molecular weight excluding hydrogens is 196 g/mol. The molecule has 0 atom stereocenters. The van der Waals surface area contributed by atoms with E-state index in [1.165, 1.54) is 12.1 Å². The highest BCUT2D eigenvalue weighted by Gasteiger charge is 2.06. The minimum absolute atomic E-state index is 0.0367. The summed E-state index contributed by atoms with van der Waals surface area (Å²) in [5, 5.41) is 13.0. The Morgan fingerprint density at radius 2 is 2.00 bits per heavy atom. The van der Waals surface area contributed by atoms with Crippen molar-refractivity contribution in [2.45, 2.75) is 13.3 Å². The molecule has 0 bridgehead atoms. The Morgan fingerprint density at radius 1 is 1.40 bits per heavy atom. The fourth-order valence-electron chi connectivity index (χ4n) is 1.18. The first kappa shape index (κ1) is 11.2. The van der Waals surface area contributed by atoms with Crippen LogP contribution in [0, 0.1) is 10.1 Å². The van der Waals surface area contributed by atoms with Crippen molar-refractivity contribution in [1.29, 1.82) is 0 Å². The number of nitrogens with one attached hydrogen (secondary N) is 1. The van der Waals surface area contributed by atoms with E-state index in [9.17, 15) is 14.9 Å². The van der Waals surface area contributed by atoms with Gasteiger partial charge in [-0.25, -0.2) is 0 Å². The summed E-state index contributed by atoms with van der Waals surface area (Å²) in [5.41, 5.74) is 0.807. The van der Waals surface area contributed by atoms with Crippen molar-refractivity contribution in [3.63, 3.8) is 0 Å². The predicted octanol–water partition coefficient (Wildman–Crippen LogP) is 1.27. The Kier molecular flexibility index (Phi) is 3.79. The number of rotatable bonds is 4. The second-order valence-corrected chi connectivity index (χ2v) is 3.05. The lowest BCUT2D eigenvalue weighted by molar-refractivity contribution is -0.384. The second kappa shape index (κ2) is 5.09. The van der Waals surface area contributed by atoms with Crippen LogP contribution in [-0.2, 0) is 11.2 Å². The predicted molar refractivity (Wildman–Crippen MR) is 55.5 cm³/mol. The quantitative estimate of drug-likeness (QED) is 0.598. The van der Waals surface area contributed by atoms with E-state index in [0.29, 0.717) is 6.54 Å². The monoisotopic (exact) mass is 208 g/mol. The van der Waals surface area contributed by atoms with Crippen LogP contribution in [0.1, 0.15) is 12.5 Å². The number of benzene rings is 1. The molecule has 0 unspecified atom stereocenters. The fourth-order valence-corrected chi connectivity index (χ4v) is 1.18. The van der Waals surface area contributed by atoms with E-state index in [0.717, 1.165) is 5.56 Å². The van der Waals surface area contributed by atoms with Crippen LogP contribution < -0.4 is 5.32 Å². The van der Waals surface area contributed by atoms with Crippen LogP contribution in [-0.4, -0.2) is 17.4 Å². The number of amides is 1. The molecule has 1 aromatic carbocycles. The van der Waals surface area contributed by atoms with Gasteiger partial charge in [-0.3, -0.25) is 14.9 Å². The van der Waals surface area contributed by atoms with Crippen molar-refractivity contribution in [2.75, 3.05) is 6.54 Å². The fraction of sp³-hybridized carbons (Fsp3) is 0.300. The molecule has 0 aliphatic heterocycles. The summed E-state index contributed by atoms with van der Waals surface area (Å²) in [5.74, 6) is -0.0775. The molecule has 1 amide bonds. The zero-order valence-electron chi connectivity index (χ0n) is 8.40. The molecule has 1 aromatic rings. The zero-order chi connectivity index (χ0) is 11.3. The number of hydrogen-bond acceptors (Lipinski definition) is 3. The summed E-state index contributed by atoms with van der Waals surface area (Å²) < 4.78 is 0. The molecule has 0 saturated heterocycles. The van der Waals surface area contributed by atoms with Gasteiger partial charge in [-0.1, -0.05) is 12.1 Å². The van der Waals surface area contributed by atoms with Crippen molar-refractivity contribution in [1.82, 2.24) is 5.32 Å². The first-order chi connectivity index (χ1) is 7.13. The number of carbonyl (C=O) groups is 1. The topological polar surface area (TPSA) is 72.2 Å². The largest absolute Gasteiger partial charge is 0.356 e. The number of nitrogens with zero attached hydrogens (tertiary/aromatic N) is 1. The molecule has 0 heterocycles. The lowest BCUT2D eigenvalue weighted by Crippen LogP contribution is -2.24. The van der Waals surface area contributed by atoms with E-state index in [1.54, 1.807) is 12.1 Å². The van der Waals surface area contributed by atoms with Crippen LogP contribution in [0.15, 0.2) is 24.3 Å². The summed E-state index contributed by atoms with van der Waals surface area (Å²) in [6.45, 7) is 2.43. The molecule has 5 heteroatoms. The first-order valence-corrected chi connectivity index (χ1v) is 4.63. The summed E-state index contributed by atoms with van der Waals surface area (Å²) in [4.78, 5) is 21.1. The van der Waals surface area contributed by atoms with E-state index >= 15 is 0 Å². The molecule has 5 nitrogen and oxygen atoms in total. The Morgan fingerprint density at radius 3 is 2.47 bits per heavy atom. The Hall–Kier alpha value is -1.91. The van der Waals surface area contributed by atoms with Gasteiger partial charge in [0.15, 0.2) is 0 Å². The van der Waals surface area contributed by atoms with Gasteiger partial charge in [0.05, 0.1) is 11.3 Å².